The number of hydrogen-bond acceptors (Lipinski definition) is 1. The summed E-state index contributed by atoms with van der Waals surface area (Å²) < 4.78 is 40.1. The Morgan fingerprint density at radius 3 is 2.16 bits per heavy atom. The summed E-state index contributed by atoms with van der Waals surface area (Å²) in [5.74, 6) is 0. The molecule has 2 rings (SSSR count). The van der Waals surface area contributed by atoms with Crippen LogP contribution in [-0.2, 0) is 13.2 Å². The third-order valence-corrected chi connectivity index (χ3v) is 2.82. The van der Waals surface area contributed by atoms with E-state index in [0.29, 0.717) is 0 Å². The maximum absolute atomic E-state index is 12.9. The topological polar surface area (TPSA) is 22.0 Å². The van der Waals surface area contributed by atoms with Crippen molar-refractivity contribution in [2.75, 3.05) is 0 Å². The molecule has 0 bridgehead atoms. The Morgan fingerprint density at radius 2 is 1.63 bits per heavy atom. The molecule has 19 heavy (non-hydrogen) atoms. The molecule has 0 atom stereocenters. The number of nitrogens with zero attached hydrogens (tertiary/aromatic N) is 1. The summed E-state index contributed by atoms with van der Waals surface area (Å²) in [4.78, 5) is 11.7. The van der Waals surface area contributed by atoms with Crippen molar-refractivity contribution < 1.29 is 13.2 Å². The molecule has 0 aliphatic carbocycles. The van der Waals surface area contributed by atoms with Crippen LogP contribution in [0.4, 0.5) is 13.2 Å². The van der Waals surface area contributed by atoms with Gasteiger partial charge in [-0.05, 0) is 13.0 Å². The summed E-state index contributed by atoms with van der Waals surface area (Å²) in [5, 5.41) is 0.0552. The second-order valence-corrected chi connectivity index (χ2v) is 3.88. The average molecular weight is 271 g/mol. The zero-order chi connectivity index (χ0) is 14.8. The van der Waals surface area contributed by atoms with Crippen LogP contribution in [0.1, 0.15) is 25.0 Å². The number of para-hydroxylation sites is 1. The fourth-order valence-corrected chi connectivity index (χ4v) is 2.01. The van der Waals surface area contributed by atoms with Crippen molar-refractivity contribution in [1.82, 2.24) is 4.57 Å². The second kappa shape index (κ2) is 5.47. The predicted molar refractivity (Wildman–Crippen MR) is 70.3 cm³/mol. The predicted octanol–water partition coefficient (Wildman–Crippen LogP) is 3.89. The third-order valence-electron chi connectivity index (χ3n) is 2.82. The molecule has 0 fully saturated rings. The van der Waals surface area contributed by atoms with E-state index in [-0.39, 0.29) is 16.5 Å². The number of fused-ring (bicyclic) bond motifs is 1. The lowest BCUT2D eigenvalue weighted by molar-refractivity contribution is -0.136. The van der Waals surface area contributed by atoms with Gasteiger partial charge in [0, 0.05) is 18.0 Å². The number of rotatable bonds is 0. The molecule has 0 aliphatic heterocycles. The van der Waals surface area contributed by atoms with E-state index < -0.39 is 17.3 Å². The molecular weight excluding hydrogens is 255 g/mol. The van der Waals surface area contributed by atoms with Gasteiger partial charge in [-0.15, -0.1) is 0 Å². The van der Waals surface area contributed by atoms with Gasteiger partial charge in [-0.1, -0.05) is 32.0 Å². The van der Waals surface area contributed by atoms with Gasteiger partial charge in [0.1, 0.15) is 0 Å². The smallest absolute Gasteiger partial charge is 0.311 e. The molecule has 0 saturated carbocycles. The lowest BCUT2D eigenvalue weighted by Gasteiger charge is -2.15. The van der Waals surface area contributed by atoms with E-state index in [9.17, 15) is 18.0 Å². The lowest BCUT2D eigenvalue weighted by Crippen LogP contribution is -2.25. The van der Waals surface area contributed by atoms with Gasteiger partial charge in [0.05, 0.1) is 11.1 Å². The quantitative estimate of drug-likeness (QED) is 0.712. The van der Waals surface area contributed by atoms with E-state index in [1.807, 2.05) is 13.8 Å². The van der Waals surface area contributed by atoms with Gasteiger partial charge < -0.3 is 4.57 Å². The molecule has 0 radical (unpaired) electrons. The van der Waals surface area contributed by atoms with Gasteiger partial charge in [-0.25, -0.2) is 0 Å². The molecule has 2 nitrogen and oxygen atoms in total. The van der Waals surface area contributed by atoms with Crippen molar-refractivity contribution in [2.45, 2.75) is 26.9 Å². The number of aryl methyl sites for hydroxylation is 1. The fourth-order valence-electron chi connectivity index (χ4n) is 2.01. The van der Waals surface area contributed by atoms with Crippen molar-refractivity contribution in [3.63, 3.8) is 0 Å². The Morgan fingerprint density at radius 1 is 1.11 bits per heavy atom. The third kappa shape index (κ3) is 2.64. The van der Waals surface area contributed by atoms with Crippen LogP contribution in [0.3, 0.4) is 0 Å². The number of halogens is 3. The Bertz CT molecular complexity index is 641. The van der Waals surface area contributed by atoms with E-state index in [4.69, 9.17) is 0 Å². The Labute approximate surface area is 109 Å². The molecule has 0 N–H and O–H groups in total. The van der Waals surface area contributed by atoms with Crippen LogP contribution in [0.15, 0.2) is 29.1 Å². The second-order valence-electron chi connectivity index (χ2n) is 3.88. The van der Waals surface area contributed by atoms with Crippen LogP contribution in [-0.4, -0.2) is 4.57 Å². The van der Waals surface area contributed by atoms with Crippen LogP contribution < -0.4 is 5.56 Å². The molecule has 0 amide bonds. The summed E-state index contributed by atoms with van der Waals surface area (Å²) in [5.41, 5.74) is -1.43. The summed E-state index contributed by atoms with van der Waals surface area (Å²) in [6.45, 7) is 5.21. The minimum absolute atomic E-state index is 0.0552. The summed E-state index contributed by atoms with van der Waals surface area (Å²) in [7, 11) is 1.47. The van der Waals surface area contributed by atoms with Crippen molar-refractivity contribution in [3.8, 4) is 0 Å². The van der Waals surface area contributed by atoms with E-state index >= 15 is 0 Å². The van der Waals surface area contributed by atoms with Gasteiger partial charge >= 0.3 is 6.18 Å². The van der Waals surface area contributed by atoms with Gasteiger partial charge in [0.15, 0.2) is 0 Å². The molecule has 0 spiro atoms. The van der Waals surface area contributed by atoms with E-state index in [1.54, 1.807) is 6.07 Å². The standard InChI is InChI=1S/C12H10F3NO.C2H6/c1-7-10(12(13,14)15)8-5-3-4-6-9(8)16(2)11(7)17;1-2/h3-6H,1-2H3;1-2H3. The Balaban J connectivity index is 0.000000861. The molecule has 1 aromatic carbocycles. The minimum Gasteiger partial charge on any atom is -0.311 e. The molecule has 2 aromatic rings. The van der Waals surface area contributed by atoms with Crippen LogP contribution >= 0.6 is 0 Å². The van der Waals surface area contributed by atoms with Crippen molar-refractivity contribution in [1.29, 1.82) is 0 Å². The average Bonchev–Trinajstić information content (AvgIpc) is 2.37. The largest absolute Gasteiger partial charge is 0.417 e. The summed E-state index contributed by atoms with van der Waals surface area (Å²) >= 11 is 0. The normalized spacial score (nSPS) is 11.1. The van der Waals surface area contributed by atoms with E-state index in [2.05, 4.69) is 0 Å². The van der Waals surface area contributed by atoms with Crippen LogP contribution in [0.2, 0.25) is 0 Å². The van der Waals surface area contributed by atoms with Crippen molar-refractivity contribution in [3.05, 3.63) is 45.7 Å². The molecular formula is C14H16F3NO. The fraction of sp³-hybridized carbons (Fsp3) is 0.357. The van der Waals surface area contributed by atoms with E-state index in [1.165, 1.54) is 36.7 Å². The van der Waals surface area contributed by atoms with Crippen LogP contribution in [0.5, 0.6) is 0 Å². The maximum Gasteiger partial charge on any atom is 0.417 e. The molecule has 0 aliphatic rings. The van der Waals surface area contributed by atoms with Crippen molar-refractivity contribution >= 4 is 10.9 Å². The Hall–Kier alpha value is -1.78. The molecule has 0 unspecified atom stereocenters. The first-order valence-corrected chi connectivity index (χ1v) is 5.99. The number of alkyl halides is 3. The molecule has 104 valence electrons. The summed E-state index contributed by atoms with van der Waals surface area (Å²) in [6.07, 6.45) is -4.52. The zero-order valence-electron chi connectivity index (χ0n) is 11.3. The number of benzene rings is 1. The highest BCUT2D eigenvalue weighted by Crippen LogP contribution is 2.35. The monoisotopic (exact) mass is 271 g/mol. The first-order chi connectivity index (χ1) is 8.84. The Kier molecular flexibility index (Phi) is 4.39. The number of aromatic nitrogens is 1. The van der Waals surface area contributed by atoms with Gasteiger partial charge in [-0.2, -0.15) is 13.2 Å². The molecule has 1 aromatic heterocycles. The first kappa shape index (κ1) is 15.3. The lowest BCUT2D eigenvalue weighted by atomic mass is 10.0. The van der Waals surface area contributed by atoms with Crippen LogP contribution in [0, 0.1) is 6.92 Å². The van der Waals surface area contributed by atoms with Crippen molar-refractivity contribution in [2.24, 2.45) is 7.05 Å². The SMILES string of the molecule is CC.Cc1c(C(F)(F)F)c2ccccc2n(C)c1=O. The van der Waals surface area contributed by atoms with Gasteiger partial charge in [0.25, 0.3) is 5.56 Å². The molecule has 0 saturated heterocycles. The number of hydrogen-bond donors (Lipinski definition) is 0. The van der Waals surface area contributed by atoms with Gasteiger partial charge in [-0.3, -0.25) is 4.79 Å². The molecule has 5 heteroatoms. The first-order valence-electron chi connectivity index (χ1n) is 5.99. The van der Waals surface area contributed by atoms with E-state index in [0.717, 1.165) is 0 Å². The highest BCUT2D eigenvalue weighted by Gasteiger charge is 2.36. The minimum atomic E-state index is -4.52. The maximum atomic E-state index is 12.9. The van der Waals surface area contributed by atoms with Crippen LogP contribution in [0.25, 0.3) is 10.9 Å². The highest BCUT2D eigenvalue weighted by atomic mass is 19.4. The van der Waals surface area contributed by atoms with Gasteiger partial charge in [0.2, 0.25) is 0 Å². The highest BCUT2D eigenvalue weighted by molar-refractivity contribution is 5.84. The number of pyridine rings is 1. The zero-order valence-corrected chi connectivity index (χ0v) is 11.3. The summed E-state index contributed by atoms with van der Waals surface area (Å²) in [6, 6.07) is 6.02. The molecule has 1 heterocycles.